The molecule has 1 N–H and O–H groups in total. The van der Waals surface area contributed by atoms with Gasteiger partial charge < -0.3 is 14.7 Å². The van der Waals surface area contributed by atoms with E-state index in [0.717, 1.165) is 5.56 Å². The van der Waals surface area contributed by atoms with Gasteiger partial charge in [0.05, 0.1) is 18.6 Å². The van der Waals surface area contributed by atoms with Gasteiger partial charge in [-0.05, 0) is 33.3 Å². The Morgan fingerprint density at radius 2 is 1.71 bits per heavy atom. The van der Waals surface area contributed by atoms with Gasteiger partial charge in [-0.2, -0.15) is 0 Å². The van der Waals surface area contributed by atoms with E-state index in [9.17, 15) is 14.7 Å². The Hall–Kier alpha value is -1.88. The fraction of sp³-hybridized carbons (Fsp3) is 0.579. The van der Waals surface area contributed by atoms with Crippen LogP contribution in [-0.2, 0) is 14.3 Å². The lowest BCUT2D eigenvalue weighted by molar-refractivity contribution is -0.158. The molecule has 0 aliphatic heterocycles. The van der Waals surface area contributed by atoms with Gasteiger partial charge in [0.1, 0.15) is 5.60 Å². The molecule has 1 rings (SSSR count). The van der Waals surface area contributed by atoms with E-state index in [1.807, 2.05) is 30.3 Å². The van der Waals surface area contributed by atoms with Crippen molar-refractivity contribution in [2.45, 2.75) is 58.8 Å². The fourth-order valence-corrected chi connectivity index (χ4v) is 2.41. The molecule has 134 valence electrons. The predicted molar refractivity (Wildman–Crippen MR) is 93.3 cm³/mol. The van der Waals surface area contributed by atoms with E-state index in [2.05, 4.69) is 0 Å². The fourth-order valence-electron chi connectivity index (χ4n) is 2.41. The Labute approximate surface area is 144 Å². The molecule has 0 fully saturated rings. The van der Waals surface area contributed by atoms with Crippen LogP contribution >= 0.6 is 0 Å². The molecular weight excluding hydrogens is 306 g/mol. The van der Waals surface area contributed by atoms with Gasteiger partial charge in [-0.25, -0.2) is 0 Å². The quantitative estimate of drug-likeness (QED) is 0.812. The maximum atomic E-state index is 12.5. The zero-order chi connectivity index (χ0) is 18.5. The van der Waals surface area contributed by atoms with Crippen molar-refractivity contribution in [1.29, 1.82) is 0 Å². The first-order valence-corrected chi connectivity index (χ1v) is 8.24. The minimum Gasteiger partial charge on any atom is -0.460 e. The van der Waals surface area contributed by atoms with Crippen LogP contribution in [0.1, 0.15) is 52.7 Å². The molecule has 0 unspecified atom stereocenters. The van der Waals surface area contributed by atoms with Crippen LogP contribution in [0.25, 0.3) is 0 Å². The lowest BCUT2D eigenvalue weighted by atomic mass is 10.00. The van der Waals surface area contributed by atoms with Crippen molar-refractivity contribution < 1.29 is 19.4 Å². The number of carbonyl (C=O) groups excluding carboxylic acids is 2. The smallest absolute Gasteiger partial charge is 0.307 e. The number of hydrogen-bond donors (Lipinski definition) is 1. The number of benzene rings is 1. The summed E-state index contributed by atoms with van der Waals surface area (Å²) in [5.41, 5.74) is 0.187. The maximum absolute atomic E-state index is 12.5. The van der Waals surface area contributed by atoms with Gasteiger partial charge in [0, 0.05) is 13.0 Å². The molecule has 0 saturated carbocycles. The predicted octanol–water partition coefficient (Wildman–Crippen LogP) is 2.93. The Kier molecular flexibility index (Phi) is 6.96. The van der Waals surface area contributed by atoms with Gasteiger partial charge in [0.15, 0.2) is 0 Å². The van der Waals surface area contributed by atoms with Gasteiger partial charge in [-0.1, -0.05) is 37.3 Å². The SMILES string of the molecule is C[C@H](CC(=O)OC(C)(C)C)C(=O)N(C)[C@@H](C)[C@@H](O)c1ccccc1. The molecule has 24 heavy (non-hydrogen) atoms. The van der Waals surface area contributed by atoms with Gasteiger partial charge >= 0.3 is 5.97 Å². The summed E-state index contributed by atoms with van der Waals surface area (Å²) in [6.45, 7) is 8.87. The average Bonchev–Trinajstić information content (AvgIpc) is 2.50. The van der Waals surface area contributed by atoms with Crippen molar-refractivity contribution in [3.63, 3.8) is 0 Å². The largest absolute Gasteiger partial charge is 0.460 e. The van der Waals surface area contributed by atoms with Gasteiger partial charge in [0.25, 0.3) is 0 Å². The van der Waals surface area contributed by atoms with Crippen molar-refractivity contribution in [3.8, 4) is 0 Å². The van der Waals surface area contributed by atoms with Crippen LogP contribution < -0.4 is 0 Å². The van der Waals surface area contributed by atoms with E-state index in [1.54, 1.807) is 41.7 Å². The second kappa shape index (κ2) is 8.29. The third-order valence-electron chi connectivity index (χ3n) is 3.87. The number of ether oxygens (including phenoxy) is 1. The summed E-state index contributed by atoms with van der Waals surface area (Å²) in [7, 11) is 1.64. The summed E-state index contributed by atoms with van der Waals surface area (Å²) in [5.74, 6) is -1.09. The highest BCUT2D eigenvalue weighted by atomic mass is 16.6. The molecule has 0 heterocycles. The Morgan fingerprint density at radius 1 is 1.17 bits per heavy atom. The van der Waals surface area contributed by atoms with E-state index >= 15 is 0 Å². The summed E-state index contributed by atoms with van der Waals surface area (Å²) in [6.07, 6.45) is -0.761. The molecule has 3 atom stereocenters. The summed E-state index contributed by atoms with van der Waals surface area (Å²) < 4.78 is 5.26. The van der Waals surface area contributed by atoms with E-state index in [0.29, 0.717) is 0 Å². The van der Waals surface area contributed by atoms with Crippen molar-refractivity contribution in [1.82, 2.24) is 4.90 Å². The molecule has 1 aromatic carbocycles. The molecule has 0 bridgehead atoms. The molecule has 0 aliphatic rings. The minimum atomic E-state index is -0.783. The lowest BCUT2D eigenvalue weighted by Gasteiger charge is -2.31. The molecule has 0 aliphatic carbocycles. The van der Waals surface area contributed by atoms with Gasteiger partial charge in [-0.3, -0.25) is 9.59 Å². The highest BCUT2D eigenvalue weighted by molar-refractivity contribution is 5.83. The zero-order valence-corrected chi connectivity index (χ0v) is 15.4. The highest BCUT2D eigenvalue weighted by Gasteiger charge is 2.29. The van der Waals surface area contributed by atoms with Crippen molar-refractivity contribution in [3.05, 3.63) is 35.9 Å². The minimum absolute atomic E-state index is 0.0224. The maximum Gasteiger partial charge on any atom is 0.307 e. The Balaban J connectivity index is 2.67. The second-order valence-corrected chi connectivity index (χ2v) is 7.24. The topological polar surface area (TPSA) is 66.8 Å². The van der Waals surface area contributed by atoms with Crippen molar-refractivity contribution in [2.24, 2.45) is 5.92 Å². The van der Waals surface area contributed by atoms with E-state index in [-0.39, 0.29) is 12.3 Å². The monoisotopic (exact) mass is 335 g/mol. The summed E-state index contributed by atoms with van der Waals surface area (Å²) in [4.78, 5) is 25.9. The van der Waals surface area contributed by atoms with Crippen LogP contribution in [0, 0.1) is 5.92 Å². The van der Waals surface area contributed by atoms with E-state index in [1.165, 1.54) is 4.90 Å². The number of aliphatic hydroxyl groups is 1. The molecule has 5 nitrogen and oxygen atoms in total. The van der Waals surface area contributed by atoms with E-state index in [4.69, 9.17) is 4.74 Å². The van der Waals surface area contributed by atoms with Crippen LogP contribution in [0.3, 0.4) is 0 Å². The number of likely N-dealkylation sites (N-methyl/N-ethyl adjacent to an activating group) is 1. The van der Waals surface area contributed by atoms with Crippen LogP contribution in [0.15, 0.2) is 30.3 Å². The van der Waals surface area contributed by atoms with Crippen LogP contribution in [-0.4, -0.2) is 40.6 Å². The summed E-state index contributed by atoms with van der Waals surface area (Å²) in [5, 5.41) is 10.4. The number of amides is 1. The van der Waals surface area contributed by atoms with Crippen LogP contribution in [0.2, 0.25) is 0 Å². The van der Waals surface area contributed by atoms with Crippen molar-refractivity contribution >= 4 is 11.9 Å². The first-order chi connectivity index (χ1) is 11.0. The number of hydrogen-bond acceptors (Lipinski definition) is 4. The molecule has 0 saturated heterocycles. The summed E-state index contributed by atoms with van der Waals surface area (Å²) >= 11 is 0. The third-order valence-corrected chi connectivity index (χ3v) is 3.87. The molecule has 1 aromatic rings. The normalized spacial score (nSPS) is 15.3. The molecule has 0 spiro atoms. The molecule has 0 radical (unpaired) electrons. The first-order valence-electron chi connectivity index (χ1n) is 8.24. The van der Waals surface area contributed by atoms with E-state index < -0.39 is 29.6 Å². The third kappa shape index (κ3) is 5.96. The number of rotatable bonds is 6. The van der Waals surface area contributed by atoms with Gasteiger partial charge in [-0.15, -0.1) is 0 Å². The number of carbonyl (C=O) groups is 2. The average molecular weight is 335 g/mol. The van der Waals surface area contributed by atoms with Crippen molar-refractivity contribution in [2.75, 3.05) is 7.05 Å². The lowest BCUT2D eigenvalue weighted by Crippen LogP contribution is -2.42. The zero-order valence-electron chi connectivity index (χ0n) is 15.4. The molecule has 1 amide bonds. The second-order valence-electron chi connectivity index (χ2n) is 7.24. The molecule has 0 aromatic heterocycles. The summed E-state index contributed by atoms with van der Waals surface area (Å²) in [6, 6.07) is 8.81. The van der Waals surface area contributed by atoms with Gasteiger partial charge in [0.2, 0.25) is 5.91 Å². The standard InChI is InChI=1S/C19H29NO4/c1-13(12-16(21)24-19(3,4)5)18(23)20(6)14(2)17(22)15-10-8-7-9-11-15/h7-11,13-14,17,22H,12H2,1-6H3/t13-,14+,17-/m1/s1. The number of nitrogens with zero attached hydrogens (tertiary/aromatic N) is 1. The molecular formula is C19H29NO4. The van der Waals surface area contributed by atoms with Crippen LogP contribution in [0.4, 0.5) is 0 Å². The highest BCUT2D eigenvalue weighted by Crippen LogP contribution is 2.22. The first kappa shape index (κ1) is 20.2. The number of aliphatic hydroxyl groups excluding tert-OH is 1. The Bertz CT molecular complexity index is 550. The number of esters is 1. The molecule has 5 heteroatoms. The van der Waals surface area contributed by atoms with Crippen LogP contribution in [0.5, 0.6) is 0 Å². The Morgan fingerprint density at radius 3 is 2.21 bits per heavy atom.